The van der Waals surface area contributed by atoms with Crippen molar-refractivity contribution >= 4 is 0 Å². The summed E-state index contributed by atoms with van der Waals surface area (Å²) < 4.78 is 35.4. The van der Waals surface area contributed by atoms with Gasteiger partial charge in [-0.3, -0.25) is 0 Å². The number of alkyl halides is 3. The molecule has 0 aromatic heterocycles. The van der Waals surface area contributed by atoms with Crippen LogP contribution in [0.4, 0.5) is 13.2 Å². The molecule has 0 aliphatic carbocycles. The van der Waals surface area contributed by atoms with Crippen LogP contribution in [0.3, 0.4) is 0 Å². The molecule has 0 aromatic carbocycles. The number of aliphatic hydroxyl groups excluding tert-OH is 1. The van der Waals surface area contributed by atoms with Crippen LogP contribution in [0.5, 0.6) is 0 Å². The number of hydrogen-bond acceptors (Lipinski definition) is 2. The summed E-state index contributed by atoms with van der Waals surface area (Å²) in [4.78, 5) is 1.53. The van der Waals surface area contributed by atoms with Crippen LogP contribution >= 0.6 is 0 Å². The normalized spacial score (nSPS) is 14.1. The Hall–Kier alpha value is 0.204. The van der Waals surface area contributed by atoms with Gasteiger partial charge in [-0.25, -0.2) is 0 Å². The Morgan fingerprint density at radius 2 is 1.62 bits per heavy atom. The Labute approximate surface area is 86.0 Å². The standard InChI is InChI=1S/C7H14F3NO.Ni/c1-3-11(4-2)5-6(12)7(8,9)10;/h6,12H,3-5H2,1-2H3;. The second-order valence-electron chi connectivity index (χ2n) is 2.54. The summed E-state index contributed by atoms with van der Waals surface area (Å²) in [6.45, 7) is 4.21. The van der Waals surface area contributed by atoms with E-state index in [-0.39, 0.29) is 23.0 Å². The van der Waals surface area contributed by atoms with Crippen molar-refractivity contribution in [3.8, 4) is 0 Å². The third-order valence-corrected chi connectivity index (χ3v) is 1.70. The molecule has 1 N–H and O–H groups in total. The molecule has 0 amide bonds. The molecule has 0 aliphatic rings. The Bertz CT molecular complexity index is 127. The van der Waals surface area contributed by atoms with E-state index in [0.717, 1.165) is 0 Å². The summed E-state index contributed by atoms with van der Waals surface area (Å²) in [5.74, 6) is 0. The van der Waals surface area contributed by atoms with E-state index in [0.29, 0.717) is 13.1 Å². The molecule has 0 saturated heterocycles. The molecule has 84 valence electrons. The van der Waals surface area contributed by atoms with Crippen molar-refractivity contribution in [1.82, 2.24) is 4.90 Å². The third-order valence-electron chi connectivity index (χ3n) is 1.70. The van der Waals surface area contributed by atoms with E-state index in [2.05, 4.69) is 0 Å². The quantitative estimate of drug-likeness (QED) is 0.752. The van der Waals surface area contributed by atoms with E-state index in [1.54, 1.807) is 13.8 Å². The molecule has 6 heteroatoms. The van der Waals surface area contributed by atoms with Gasteiger partial charge in [0.25, 0.3) is 0 Å². The molecule has 2 nitrogen and oxygen atoms in total. The number of rotatable bonds is 4. The Balaban J connectivity index is 0. The van der Waals surface area contributed by atoms with Gasteiger partial charge < -0.3 is 10.0 Å². The maximum atomic E-state index is 11.8. The second kappa shape index (κ2) is 6.63. The van der Waals surface area contributed by atoms with Crippen molar-refractivity contribution in [3.05, 3.63) is 0 Å². The fourth-order valence-corrected chi connectivity index (χ4v) is 0.830. The van der Waals surface area contributed by atoms with Gasteiger partial charge in [-0.05, 0) is 13.1 Å². The summed E-state index contributed by atoms with van der Waals surface area (Å²) >= 11 is 0. The first-order valence-corrected chi connectivity index (χ1v) is 3.88. The van der Waals surface area contributed by atoms with Crippen LogP contribution in [-0.2, 0) is 16.5 Å². The van der Waals surface area contributed by atoms with Gasteiger partial charge in [0.15, 0.2) is 6.10 Å². The summed E-state index contributed by atoms with van der Waals surface area (Å²) in [5.41, 5.74) is 0. The molecule has 0 saturated carbocycles. The van der Waals surface area contributed by atoms with Gasteiger partial charge in [0, 0.05) is 23.0 Å². The minimum absolute atomic E-state index is 0. The van der Waals surface area contributed by atoms with E-state index in [1.807, 2.05) is 0 Å². The minimum Gasteiger partial charge on any atom is -0.382 e. The number of nitrogens with zero attached hydrogens (tertiary/aromatic N) is 1. The van der Waals surface area contributed by atoms with Crippen molar-refractivity contribution in [2.24, 2.45) is 0 Å². The molecule has 13 heavy (non-hydrogen) atoms. The van der Waals surface area contributed by atoms with Crippen LogP contribution in [0, 0.1) is 0 Å². The smallest absolute Gasteiger partial charge is 0.382 e. The zero-order chi connectivity index (χ0) is 9.78. The van der Waals surface area contributed by atoms with Crippen LogP contribution in [-0.4, -0.2) is 41.9 Å². The first-order valence-electron chi connectivity index (χ1n) is 3.88. The van der Waals surface area contributed by atoms with E-state index in [9.17, 15) is 13.2 Å². The summed E-state index contributed by atoms with van der Waals surface area (Å²) in [6.07, 6.45) is -6.72. The molecule has 0 heterocycles. The van der Waals surface area contributed by atoms with Crippen LogP contribution in [0.25, 0.3) is 0 Å². The molecule has 0 spiro atoms. The van der Waals surface area contributed by atoms with Gasteiger partial charge in [0.05, 0.1) is 0 Å². The average molecular weight is 244 g/mol. The van der Waals surface area contributed by atoms with E-state index in [4.69, 9.17) is 5.11 Å². The SMILES string of the molecule is CCN(CC)CC(O)C(F)(F)F.[Ni]. The topological polar surface area (TPSA) is 23.5 Å². The van der Waals surface area contributed by atoms with Gasteiger partial charge in [0.1, 0.15) is 0 Å². The molecule has 0 rings (SSSR count). The third kappa shape index (κ3) is 6.30. The molecular formula is C7H14F3NNiO. The van der Waals surface area contributed by atoms with Gasteiger partial charge in [-0.1, -0.05) is 13.8 Å². The predicted molar refractivity (Wildman–Crippen MR) is 39.8 cm³/mol. The van der Waals surface area contributed by atoms with Gasteiger partial charge >= 0.3 is 6.18 Å². The molecule has 0 aromatic rings. The fraction of sp³-hybridized carbons (Fsp3) is 1.00. The maximum Gasteiger partial charge on any atom is 0.415 e. The van der Waals surface area contributed by atoms with E-state index >= 15 is 0 Å². The largest absolute Gasteiger partial charge is 0.415 e. The zero-order valence-electron chi connectivity index (χ0n) is 7.54. The molecule has 0 aliphatic heterocycles. The zero-order valence-corrected chi connectivity index (χ0v) is 8.53. The summed E-state index contributed by atoms with van der Waals surface area (Å²) in [6, 6.07) is 0. The van der Waals surface area contributed by atoms with Crippen molar-refractivity contribution in [3.63, 3.8) is 0 Å². The van der Waals surface area contributed by atoms with Gasteiger partial charge in [0.2, 0.25) is 0 Å². The number of hydrogen-bond donors (Lipinski definition) is 1. The molecule has 0 fully saturated rings. The molecule has 0 bridgehead atoms. The second-order valence-corrected chi connectivity index (χ2v) is 2.54. The van der Waals surface area contributed by atoms with E-state index < -0.39 is 12.3 Å². The Morgan fingerprint density at radius 3 is 1.85 bits per heavy atom. The summed E-state index contributed by atoms with van der Waals surface area (Å²) in [7, 11) is 0. The first kappa shape index (κ1) is 15.7. The van der Waals surface area contributed by atoms with Gasteiger partial charge in [-0.15, -0.1) is 0 Å². The molecule has 0 radical (unpaired) electrons. The maximum absolute atomic E-state index is 11.8. The first-order chi connectivity index (χ1) is 5.41. The van der Waals surface area contributed by atoms with Crippen LogP contribution in [0.15, 0.2) is 0 Å². The number of aliphatic hydroxyl groups is 1. The van der Waals surface area contributed by atoms with Crippen LogP contribution in [0.1, 0.15) is 13.8 Å². The Morgan fingerprint density at radius 1 is 1.23 bits per heavy atom. The van der Waals surface area contributed by atoms with Gasteiger partial charge in [-0.2, -0.15) is 13.2 Å². The van der Waals surface area contributed by atoms with Crippen molar-refractivity contribution < 1.29 is 34.8 Å². The molecular weight excluding hydrogens is 230 g/mol. The number of halogens is 3. The predicted octanol–water partition coefficient (Wildman–Crippen LogP) is 1.25. The van der Waals surface area contributed by atoms with Crippen molar-refractivity contribution in [2.45, 2.75) is 26.1 Å². The molecule has 1 unspecified atom stereocenters. The van der Waals surface area contributed by atoms with E-state index in [1.165, 1.54) is 4.90 Å². The molecule has 1 atom stereocenters. The van der Waals surface area contributed by atoms with Crippen molar-refractivity contribution in [2.75, 3.05) is 19.6 Å². The van der Waals surface area contributed by atoms with Crippen LogP contribution in [0.2, 0.25) is 0 Å². The minimum atomic E-state index is -4.50. The fourth-order valence-electron chi connectivity index (χ4n) is 0.830. The monoisotopic (exact) mass is 243 g/mol. The Kier molecular flexibility index (Phi) is 7.99. The van der Waals surface area contributed by atoms with Crippen molar-refractivity contribution in [1.29, 1.82) is 0 Å². The summed E-state index contributed by atoms with van der Waals surface area (Å²) in [5, 5.41) is 8.65. The van der Waals surface area contributed by atoms with Crippen LogP contribution < -0.4 is 0 Å². The number of likely N-dealkylation sites (N-methyl/N-ethyl adjacent to an activating group) is 1. The average Bonchev–Trinajstić information content (AvgIpc) is 1.97.